The van der Waals surface area contributed by atoms with Crippen LogP contribution in [0.3, 0.4) is 0 Å². The van der Waals surface area contributed by atoms with Gasteiger partial charge in [0.2, 0.25) is 5.91 Å². The van der Waals surface area contributed by atoms with Gasteiger partial charge in [-0.15, -0.1) is 0 Å². The van der Waals surface area contributed by atoms with Gasteiger partial charge in [-0.25, -0.2) is 0 Å². The summed E-state index contributed by atoms with van der Waals surface area (Å²) in [6.07, 6.45) is 5.34. The van der Waals surface area contributed by atoms with E-state index in [0.29, 0.717) is 12.5 Å². The van der Waals surface area contributed by atoms with Gasteiger partial charge in [-0.2, -0.15) is 0 Å². The van der Waals surface area contributed by atoms with Gasteiger partial charge >= 0.3 is 0 Å². The molecule has 190 valence electrons. The molecule has 1 unspecified atom stereocenters. The highest BCUT2D eigenvalue weighted by atomic mass is 16.2. The molecule has 0 spiro atoms. The fourth-order valence-corrected chi connectivity index (χ4v) is 6.00. The van der Waals surface area contributed by atoms with E-state index in [0.717, 1.165) is 67.9 Å². The molecule has 0 aromatic heterocycles. The number of hydrogen-bond acceptors (Lipinski definition) is 4. The lowest BCUT2D eigenvalue weighted by molar-refractivity contribution is -0.122. The van der Waals surface area contributed by atoms with Crippen LogP contribution in [0.2, 0.25) is 0 Å². The fraction of sp³-hybridized carbons (Fsp3) is 0.467. The Bertz CT molecular complexity index is 1100. The van der Waals surface area contributed by atoms with Crippen molar-refractivity contribution >= 4 is 11.8 Å². The number of amides is 2. The number of rotatable bonds is 8. The SMILES string of the molecule is Cc1cccc(C)c1C(=O)N1C=C2CN(CC[C@H](NC(=O)CN3CCCC3)c3ccccc3)CC2C1. The number of carbonyl (C=O) groups excluding carboxylic acids is 2. The van der Waals surface area contributed by atoms with E-state index in [1.807, 2.05) is 55.1 Å². The van der Waals surface area contributed by atoms with Crippen molar-refractivity contribution < 1.29 is 9.59 Å². The van der Waals surface area contributed by atoms with Crippen molar-refractivity contribution in [2.75, 3.05) is 45.8 Å². The van der Waals surface area contributed by atoms with Crippen molar-refractivity contribution in [1.29, 1.82) is 0 Å². The average molecular weight is 487 g/mol. The number of nitrogens with one attached hydrogen (secondary N) is 1. The maximum atomic E-state index is 13.2. The molecule has 6 heteroatoms. The third-order valence-corrected chi connectivity index (χ3v) is 7.94. The van der Waals surface area contributed by atoms with Gasteiger partial charge in [0.25, 0.3) is 5.91 Å². The zero-order valence-electron chi connectivity index (χ0n) is 21.6. The molecule has 2 saturated heterocycles. The highest BCUT2D eigenvalue weighted by Gasteiger charge is 2.36. The van der Waals surface area contributed by atoms with E-state index in [1.54, 1.807) is 0 Å². The molecule has 0 bridgehead atoms. The van der Waals surface area contributed by atoms with Crippen LogP contribution in [0.1, 0.15) is 52.4 Å². The van der Waals surface area contributed by atoms with Crippen LogP contribution in [-0.2, 0) is 4.79 Å². The lowest BCUT2D eigenvalue weighted by Crippen LogP contribution is -2.39. The highest BCUT2D eigenvalue weighted by Crippen LogP contribution is 2.32. The fourth-order valence-electron chi connectivity index (χ4n) is 6.00. The van der Waals surface area contributed by atoms with Gasteiger partial charge in [0.15, 0.2) is 0 Å². The summed E-state index contributed by atoms with van der Waals surface area (Å²) < 4.78 is 0. The summed E-state index contributed by atoms with van der Waals surface area (Å²) in [4.78, 5) is 32.6. The molecule has 2 aromatic rings. The number of aryl methyl sites for hydroxylation is 2. The third-order valence-electron chi connectivity index (χ3n) is 7.94. The van der Waals surface area contributed by atoms with Gasteiger partial charge in [0, 0.05) is 43.9 Å². The van der Waals surface area contributed by atoms with E-state index in [9.17, 15) is 9.59 Å². The third kappa shape index (κ3) is 5.55. The Morgan fingerprint density at radius 1 is 0.944 bits per heavy atom. The van der Waals surface area contributed by atoms with Crippen LogP contribution in [0.15, 0.2) is 60.3 Å². The normalized spacial score (nSPS) is 20.9. The molecule has 2 amide bonds. The van der Waals surface area contributed by atoms with Crippen LogP contribution in [0, 0.1) is 19.8 Å². The molecule has 36 heavy (non-hydrogen) atoms. The quantitative estimate of drug-likeness (QED) is 0.615. The molecular weight excluding hydrogens is 448 g/mol. The van der Waals surface area contributed by atoms with Gasteiger partial charge in [-0.1, -0.05) is 48.5 Å². The minimum Gasteiger partial charge on any atom is -0.348 e. The van der Waals surface area contributed by atoms with Crippen LogP contribution >= 0.6 is 0 Å². The van der Waals surface area contributed by atoms with Crippen LogP contribution in [0.25, 0.3) is 0 Å². The second kappa shape index (κ2) is 11.0. The lowest BCUT2D eigenvalue weighted by Gasteiger charge is -2.25. The van der Waals surface area contributed by atoms with Crippen molar-refractivity contribution in [2.24, 2.45) is 5.92 Å². The molecule has 1 N–H and O–H groups in total. The number of benzene rings is 2. The first-order valence-electron chi connectivity index (χ1n) is 13.3. The average Bonchev–Trinajstić information content (AvgIpc) is 3.59. The first-order chi connectivity index (χ1) is 17.5. The Labute approximate surface area is 215 Å². The molecule has 2 aromatic carbocycles. The number of carbonyl (C=O) groups is 2. The van der Waals surface area contributed by atoms with Crippen molar-refractivity contribution in [3.63, 3.8) is 0 Å². The van der Waals surface area contributed by atoms with Crippen LogP contribution in [0.5, 0.6) is 0 Å². The summed E-state index contributed by atoms with van der Waals surface area (Å²) in [5.74, 6) is 0.634. The summed E-state index contributed by atoms with van der Waals surface area (Å²) in [5, 5.41) is 3.31. The number of likely N-dealkylation sites (tertiary alicyclic amines) is 2. The van der Waals surface area contributed by atoms with Crippen molar-refractivity contribution in [3.8, 4) is 0 Å². The minimum atomic E-state index is 0.0119. The maximum Gasteiger partial charge on any atom is 0.258 e. The van der Waals surface area contributed by atoms with Crippen molar-refractivity contribution in [1.82, 2.24) is 20.0 Å². The largest absolute Gasteiger partial charge is 0.348 e. The topological polar surface area (TPSA) is 55.9 Å². The highest BCUT2D eigenvalue weighted by molar-refractivity contribution is 5.98. The zero-order chi connectivity index (χ0) is 25.1. The van der Waals surface area contributed by atoms with Gasteiger partial charge < -0.3 is 10.2 Å². The predicted octanol–water partition coefficient (Wildman–Crippen LogP) is 3.92. The summed E-state index contributed by atoms with van der Waals surface area (Å²) >= 11 is 0. The van der Waals surface area contributed by atoms with Gasteiger partial charge in [-0.3, -0.25) is 19.4 Å². The molecule has 0 aliphatic carbocycles. The molecular formula is C30H38N4O2. The van der Waals surface area contributed by atoms with Gasteiger partial charge in [0.1, 0.15) is 0 Å². The molecule has 6 nitrogen and oxygen atoms in total. The maximum absolute atomic E-state index is 13.2. The van der Waals surface area contributed by atoms with E-state index in [2.05, 4.69) is 33.4 Å². The van der Waals surface area contributed by atoms with E-state index in [4.69, 9.17) is 0 Å². The van der Waals surface area contributed by atoms with E-state index in [-0.39, 0.29) is 17.9 Å². The summed E-state index contributed by atoms with van der Waals surface area (Å²) in [6.45, 7) is 10.1. The molecule has 5 rings (SSSR count). The number of nitrogens with zero attached hydrogens (tertiary/aromatic N) is 3. The van der Waals surface area contributed by atoms with Crippen molar-refractivity contribution in [3.05, 3.63) is 82.6 Å². The molecule has 0 radical (unpaired) electrons. The monoisotopic (exact) mass is 486 g/mol. The van der Waals surface area contributed by atoms with Crippen LogP contribution in [0.4, 0.5) is 0 Å². The molecule has 3 aliphatic heterocycles. The Morgan fingerprint density at radius 2 is 1.67 bits per heavy atom. The number of hydrogen-bond donors (Lipinski definition) is 1. The molecule has 2 fully saturated rings. The predicted molar refractivity (Wildman–Crippen MR) is 143 cm³/mol. The van der Waals surface area contributed by atoms with E-state index >= 15 is 0 Å². The Kier molecular flexibility index (Phi) is 7.54. The second-order valence-corrected chi connectivity index (χ2v) is 10.7. The first kappa shape index (κ1) is 24.7. The van der Waals surface area contributed by atoms with Gasteiger partial charge in [-0.05, 0) is 68.5 Å². The molecule has 2 atom stereocenters. The Hall–Kier alpha value is -2.96. The minimum absolute atomic E-state index is 0.0119. The van der Waals surface area contributed by atoms with Crippen LogP contribution in [-0.4, -0.2) is 72.3 Å². The van der Waals surface area contributed by atoms with Crippen molar-refractivity contribution in [2.45, 2.75) is 39.2 Å². The lowest BCUT2D eigenvalue weighted by atomic mass is 10.0. The summed E-state index contributed by atoms with van der Waals surface area (Å²) in [6, 6.07) is 16.4. The number of fused-ring (bicyclic) bond motifs is 1. The summed E-state index contributed by atoms with van der Waals surface area (Å²) in [5.41, 5.74) is 5.42. The first-order valence-corrected chi connectivity index (χ1v) is 13.3. The second-order valence-electron chi connectivity index (χ2n) is 10.7. The Balaban J connectivity index is 1.18. The molecule has 3 heterocycles. The molecule has 0 saturated carbocycles. The van der Waals surface area contributed by atoms with E-state index < -0.39 is 0 Å². The smallest absolute Gasteiger partial charge is 0.258 e. The van der Waals surface area contributed by atoms with Gasteiger partial charge in [0.05, 0.1) is 12.6 Å². The standard InChI is InChI=1S/C30H38N4O2/c1-22-9-8-10-23(2)29(22)30(36)34-19-25-17-33(18-26(25)20-34)16-13-27(24-11-4-3-5-12-24)31-28(35)21-32-14-6-7-15-32/h3-5,8-12,19,26-27H,6-7,13-18,20-21H2,1-2H3,(H,31,35)/t26?,27-/m0/s1. The van der Waals surface area contributed by atoms with E-state index in [1.165, 1.54) is 18.4 Å². The molecule has 3 aliphatic rings. The van der Waals surface area contributed by atoms with Crippen LogP contribution < -0.4 is 5.32 Å². The summed E-state index contributed by atoms with van der Waals surface area (Å²) in [7, 11) is 0. The Morgan fingerprint density at radius 3 is 2.36 bits per heavy atom. The zero-order valence-corrected chi connectivity index (χ0v) is 21.6.